The molecule has 2 aliphatic rings. The highest BCUT2D eigenvalue weighted by Gasteiger charge is 2.42. The summed E-state index contributed by atoms with van der Waals surface area (Å²) in [7, 11) is 1.69. The lowest BCUT2D eigenvalue weighted by atomic mass is 10.1. The van der Waals surface area contributed by atoms with Gasteiger partial charge < -0.3 is 19.3 Å². The van der Waals surface area contributed by atoms with Crippen LogP contribution < -0.4 is 19.3 Å². The highest BCUT2D eigenvalue weighted by molar-refractivity contribution is 5.71. The third-order valence-electron chi connectivity index (χ3n) is 6.51. The second kappa shape index (κ2) is 8.56. The van der Waals surface area contributed by atoms with Crippen LogP contribution in [0.1, 0.15) is 6.92 Å². The fourth-order valence-corrected chi connectivity index (χ4v) is 4.77. The lowest BCUT2D eigenvalue weighted by Crippen LogP contribution is -2.63. The van der Waals surface area contributed by atoms with E-state index < -0.39 is 5.72 Å². The molecule has 3 aromatic carbocycles. The summed E-state index contributed by atoms with van der Waals surface area (Å²) in [5.74, 6) is 0.706. The number of benzene rings is 3. The maximum Gasteiger partial charge on any atom is 0.178 e. The lowest BCUT2D eigenvalue weighted by Gasteiger charge is -2.50. The molecule has 1 saturated heterocycles. The predicted octanol–water partition coefficient (Wildman–Crippen LogP) is 5.04. The van der Waals surface area contributed by atoms with Gasteiger partial charge in [0, 0.05) is 37.9 Å². The molecule has 2 aliphatic heterocycles. The molecule has 0 aromatic heterocycles. The number of fused-ring (bicyclic) bond motifs is 1. The Balaban J connectivity index is 1.41. The van der Waals surface area contributed by atoms with Gasteiger partial charge >= 0.3 is 0 Å². The van der Waals surface area contributed by atoms with E-state index in [1.165, 1.54) is 24.3 Å². The van der Waals surface area contributed by atoms with Crippen molar-refractivity contribution < 1.29 is 18.3 Å². The summed E-state index contributed by atoms with van der Waals surface area (Å²) in [6.07, 6.45) is 0. The van der Waals surface area contributed by atoms with E-state index in [0.29, 0.717) is 12.3 Å². The second-order valence-electron chi connectivity index (χ2n) is 8.60. The predicted molar refractivity (Wildman–Crippen MR) is 126 cm³/mol. The molecule has 0 N–H and O–H groups in total. The first-order valence-corrected chi connectivity index (χ1v) is 11.1. The van der Waals surface area contributed by atoms with E-state index >= 15 is 0 Å². The number of para-hydroxylation sites is 2. The van der Waals surface area contributed by atoms with Crippen LogP contribution in [0.25, 0.3) is 0 Å². The quantitative estimate of drug-likeness (QED) is 0.554. The maximum absolute atomic E-state index is 14.1. The van der Waals surface area contributed by atoms with Crippen molar-refractivity contribution in [2.24, 2.45) is 0 Å². The van der Waals surface area contributed by atoms with Crippen molar-refractivity contribution >= 4 is 17.1 Å². The van der Waals surface area contributed by atoms with Gasteiger partial charge in [-0.15, -0.1) is 0 Å². The second-order valence-corrected chi connectivity index (χ2v) is 8.60. The molecule has 1 atom stereocenters. The van der Waals surface area contributed by atoms with Crippen LogP contribution in [0, 0.1) is 11.6 Å². The topological polar surface area (TPSA) is 28.2 Å². The van der Waals surface area contributed by atoms with E-state index in [1.807, 2.05) is 25.1 Å². The first-order valence-electron chi connectivity index (χ1n) is 11.1. The molecular formula is C26H27F2N3O2. The molecule has 7 heteroatoms. The van der Waals surface area contributed by atoms with Crippen molar-refractivity contribution in [2.45, 2.75) is 12.6 Å². The van der Waals surface area contributed by atoms with Crippen molar-refractivity contribution in [1.82, 2.24) is 4.90 Å². The number of piperazine rings is 1. The molecule has 0 radical (unpaired) electrons. The Kier molecular flexibility index (Phi) is 5.58. The third-order valence-corrected chi connectivity index (χ3v) is 6.51. The van der Waals surface area contributed by atoms with Crippen molar-refractivity contribution in [2.75, 3.05) is 49.6 Å². The molecule has 0 bridgehead atoms. The van der Waals surface area contributed by atoms with E-state index in [-0.39, 0.29) is 11.6 Å². The minimum Gasteiger partial charge on any atom is -0.495 e. The summed E-state index contributed by atoms with van der Waals surface area (Å²) >= 11 is 0. The number of methoxy groups -OCH3 is 1. The van der Waals surface area contributed by atoms with Gasteiger partial charge in [-0.1, -0.05) is 12.1 Å². The van der Waals surface area contributed by atoms with Crippen LogP contribution in [0.15, 0.2) is 66.7 Å². The number of halogens is 2. The van der Waals surface area contributed by atoms with Crippen molar-refractivity contribution in [3.05, 3.63) is 78.4 Å². The van der Waals surface area contributed by atoms with E-state index in [4.69, 9.17) is 9.47 Å². The van der Waals surface area contributed by atoms with Gasteiger partial charge in [-0.05, 0) is 55.5 Å². The number of anilines is 3. The van der Waals surface area contributed by atoms with Crippen molar-refractivity contribution in [1.29, 1.82) is 0 Å². The monoisotopic (exact) mass is 451 g/mol. The maximum atomic E-state index is 14.1. The molecule has 0 spiro atoms. The molecule has 5 rings (SSSR count). The van der Waals surface area contributed by atoms with E-state index in [0.717, 1.165) is 49.0 Å². The third kappa shape index (κ3) is 4.09. The number of hydrogen-bond donors (Lipinski definition) is 0. The molecule has 33 heavy (non-hydrogen) atoms. The molecule has 1 fully saturated rings. The fraction of sp³-hybridized carbons (Fsp3) is 0.308. The number of rotatable bonds is 4. The summed E-state index contributed by atoms with van der Waals surface area (Å²) < 4.78 is 39.6. The Labute approximate surface area is 192 Å². The van der Waals surface area contributed by atoms with E-state index in [9.17, 15) is 8.78 Å². The summed E-state index contributed by atoms with van der Waals surface area (Å²) in [6.45, 7) is 5.74. The number of hydrogen-bond acceptors (Lipinski definition) is 5. The lowest BCUT2D eigenvalue weighted by molar-refractivity contribution is -0.0709. The number of ether oxygens (including phenoxy) is 2. The summed E-state index contributed by atoms with van der Waals surface area (Å²) in [4.78, 5) is 6.68. The van der Waals surface area contributed by atoms with Crippen molar-refractivity contribution in [3.8, 4) is 11.5 Å². The molecule has 2 heterocycles. The smallest absolute Gasteiger partial charge is 0.178 e. The molecule has 1 unspecified atom stereocenters. The Hall–Kier alpha value is -3.32. The normalized spacial score (nSPS) is 20.8. The largest absolute Gasteiger partial charge is 0.495 e. The van der Waals surface area contributed by atoms with Gasteiger partial charge in [0.05, 0.1) is 25.0 Å². The molecule has 5 nitrogen and oxygen atoms in total. The van der Waals surface area contributed by atoms with Gasteiger partial charge in [-0.3, -0.25) is 4.90 Å². The van der Waals surface area contributed by atoms with E-state index in [2.05, 4.69) is 20.8 Å². The summed E-state index contributed by atoms with van der Waals surface area (Å²) in [5.41, 5.74) is 2.01. The summed E-state index contributed by atoms with van der Waals surface area (Å²) in [5, 5.41) is 0. The average molecular weight is 452 g/mol. The minimum atomic E-state index is -0.679. The Morgan fingerprint density at radius 1 is 0.848 bits per heavy atom. The van der Waals surface area contributed by atoms with E-state index in [1.54, 1.807) is 25.3 Å². The summed E-state index contributed by atoms with van der Waals surface area (Å²) in [6, 6.07) is 19.0. The highest BCUT2D eigenvalue weighted by Crippen LogP contribution is 2.43. The standard InChI is InChI=1S/C26H27F2N3O2/c1-26(30-15-13-29(14-16-30)22-5-3-4-6-24(22)32-2)18-31(21-10-7-19(27)8-11-21)23-12-9-20(28)17-25(23)33-26/h3-12,17H,13-16,18H2,1-2H3. The van der Waals surface area contributed by atoms with Crippen LogP contribution in [0.5, 0.6) is 11.5 Å². The first-order chi connectivity index (χ1) is 16.0. The van der Waals surface area contributed by atoms with Crippen LogP contribution in [-0.4, -0.2) is 50.5 Å². The fourth-order valence-electron chi connectivity index (χ4n) is 4.77. The Morgan fingerprint density at radius 3 is 2.27 bits per heavy atom. The molecule has 3 aromatic rings. The van der Waals surface area contributed by atoms with Gasteiger partial charge in [0.2, 0.25) is 0 Å². The van der Waals surface area contributed by atoms with Gasteiger partial charge in [0.1, 0.15) is 23.1 Å². The molecule has 0 amide bonds. The van der Waals surface area contributed by atoms with Crippen LogP contribution in [0.2, 0.25) is 0 Å². The zero-order valence-corrected chi connectivity index (χ0v) is 18.8. The number of nitrogens with zero attached hydrogens (tertiary/aromatic N) is 3. The van der Waals surface area contributed by atoms with Gasteiger partial charge in [0.25, 0.3) is 0 Å². The van der Waals surface area contributed by atoms with Crippen LogP contribution in [-0.2, 0) is 0 Å². The highest BCUT2D eigenvalue weighted by atomic mass is 19.1. The van der Waals surface area contributed by atoms with Crippen LogP contribution >= 0.6 is 0 Å². The van der Waals surface area contributed by atoms with Crippen LogP contribution in [0.3, 0.4) is 0 Å². The Morgan fingerprint density at radius 2 is 1.55 bits per heavy atom. The zero-order chi connectivity index (χ0) is 23.0. The molecular weight excluding hydrogens is 424 g/mol. The van der Waals surface area contributed by atoms with Crippen molar-refractivity contribution in [3.63, 3.8) is 0 Å². The average Bonchev–Trinajstić information content (AvgIpc) is 2.84. The van der Waals surface area contributed by atoms with Gasteiger partial charge in [-0.2, -0.15) is 0 Å². The Bertz CT molecular complexity index is 1130. The van der Waals surface area contributed by atoms with Gasteiger partial charge in [-0.25, -0.2) is 8.78 Å². The molecule has 0 saturated carbocycles. The van der Waals surface area contributed by atoms with Crippen LogP contribution in [0.4, 0.5) is 25.8 Å². The minimum absolute atomic E-state index is 0.290. The zero-order valence-electron chi connectivity index (χ0n) is 18.8. The molecule has 0 aliphatic carbocycles. The van der Waals surface area contributed by atoms with Gasteiger partial charge in [0.15, 0.2) is 5.72 Å². The first kappa shape index (κ1) is 21.5. The molecule has 172 valence electrons. The SMILES string of the molecule is COc1ccccc1N1CCN(C2(C)CN(c3ccc(F)cc3)c3ccc(F)cc3O2)CC1.